The highest BCUT2D eigenvalue weighted by Gasteiger charge is 2.28. The van der Waals surface area contributed by atoms with Gasteiger partial charge in [-0.25, -0.2) is 0 Å². The molecule has 0 bridgehead atoms. The Morgan fingerprint density at radius 3 is 2.63 bits per heavy atom. The molecule has 2 N–H and O–H groups in total. The predicted molar refractivity (Wildman–Crippen MR) is 120 cm³/mol. The van der Waals surface area contributed by atoms with Gasteiger partial charge in [0.25, 0.3) is 0 Å². The van der Waals surface area contributed by atoms with E-state index in [2.05, 4.69) is 35.0 Å². The predicted octanol–water partition coefficient (Wildman–Crippen LogP) is 4.51. The highest BCUT2D eigenvalue weighted by Crippen LogP contribution is 2.39. The Kier molecular flexibility index (Phi) is 5.70. The minimum absolute atomic E-state index is 0.247. The molecule has 162 valence electrons. The van der Waals surface area contributed by atoms with Crippen LogP contribution in [0.25, 0.3) is 10.9 Å². The molecule has 1 unspecified atom stereocenters. The summed E-state index contributed by atoms with van der Waals surface area (Å²) in [4.78, 5) is 4.70. The van der Waals surface area contributed by atoms with E-state index in [0.29, 0.717) is 31.7 Å². The van der Waals surface area contributed by atoms with Crippen LogP contribution in [0.2, 0.25) is 0 Å². The lowest BCUT2D eigenvalue weighted by Crippen LogP contribution is -2.23. The molecule has 3 heterocycles. The third-order valence-corrected chi connectivity index (χ3v) is 7.10. The molecule has 1 aromatic carbocycles. The van der Waals surface area contributed by atoms with Crippen LogP contribution in [0.3, 0.4) is 0 Å². The Bertz CT molecular complexity index is 923. The van der Waals surface area contributed by atoms with Crippen molar-refractivity contribution < 1.29 is 14.6 Å². The van der Waals surface area contributed by atoms with Crippen LogP contribution in [0.5, 0.6) is 5.88 Å². The second-order valence-electron chi connectivity index (χ2n) is 9.00. The molecule has 2 aliphatic heterocycles. The largest absolute Gasteiger partial charge is 0.494 e. The summed E-state index contributed by atoms with van der Waals surface area (Å²) in [6, 6.07) is 7.21. The lowest BCUT2D eigenvalue weighted by atomic mass is 9.99. The van der Waals surface area contributed by atoms with Gasteiger partial charge in [-0.05, 0) is 56.7 Å². The number of benzene rings is 1. The van der Waals surface area contributed by atoms with Crippen molar-refractivity contribution >= 4 is 22.3 Å². The Hall–Kier alpha value is -2.05. The van der Waals surface area contributed by atoms with E-state index in [1.807, 2.05) is 0 Å². The zero-order valence-corrected chi connectivity index (χ0v) is 17.9. The molecule has 2 fully saturated rings. The molecule has 0 radical (unpaired) electrons. The number of hydrogen-bond acceptors (Lipinski definition) is 5. The molecule has 30 heavy (non-hydrogen) atoms. The number of rotatable bonds is 5. The van der Waals surface area contributed by atoms with Crippen molar-refractivity contribution in [1.82, 2.24) is 4.57 Å². The van der Waals surface area contributed by atoms with Crippen LogP contribution in [0.4, 0.5) is 5.69 Å². The summed E-state index contributed by atoms with van der Waals surface area (Å²) in [5, 5.41) is 16.1. The normalized spacial score (nSPS) is 22.4. The molecule has 1 saturated heterocycles. The first-order valence-corrected chi connectivity index (χ1v) is 11.5. The number of aromatic nitrogens is 1. The van der Waals surface area contributed by atoms with E-state index < -0.39 is 0 Å². The van der Waals surface area contributed by atoms with Crippen LogP contribution in [0.1, 0.15) is 57.1 Å². The Morgan fingerprint density at radius 1 is 1.10 bits per heavy atom. The quantitative estimate of drug-likeness (QED) is 0.760. The molecule has 0 amide bonds. The van der Waals surface area contributed by atoms with E-state index in [9.17, 15) is 5.11 Å². The van der Waals surface area contributed by atoms with Gasteiger partial charge in [-0.3, -0.25) is 4.99 Å². The van der Waals surface area contributed by atoms with Crippen LogP contribution < -0.4 is 5.32 Å². The summed E-state index contributed by atoms with van der Waals surface area (Å²) in [7, 11) is 0. The minimum Gasteiger partial charge on any atom is -0.494 e. The van der Waals surface area contributed by atoms with Gasteiger partial charge in [0, 0.05) is 36.4 Å². The molecule has 6 nitrogen and oxygen atoms in total. The molecular formula is C24H33N3O3. The summed E-state index contributed by atoms with van der Waals surface area (Å²) in [5.74, 6) is 1.07. The Labute approximate surface area is 178 Å². The summed E-state index contributed by atoms with van der Waals surface area (Å²) in [6.07, 6.45) is 7.16. The number of ether oxygens (including phenoxy) is 2. The third-order valence-electron chi connectivity index (χ3n) is 7.10. The number of hydrogen-bond donors (Lipinski definition) is 2. The van der Waals surface area contributed by atoms with Gasteiger partial charge < -0.3 is 24.5 Å². The van der Waals surface area contributed by atoms with Crippen molar-refractivity contribution in [3.8, 4) is 5.88 Å². The minimum atomic E-state index is 0.247. The highest BCUT2D eigenvalue weighted by atomic mass is 16.5. The van der Waals surface area contributed by atoms with Crippen LogP contribution in [-0.4, -0.2) is 54.4 Å². The van der Waals surface area contributed by atoms with Gasteiger partial charge in [-0.1, -0.05) is 12.8 Å². The molecule has 1 saturated carbocycles. The second kappa shape index (κ2) is 8.60. The van der Waals surface area contributed by atoms with E-state index in [1.54, 1.807) is 0 Å². The van der Waals surface area contributed by atoms with E-state index in [-0.39, 0.29) is 6.04 Å². The van der Waals surface area contributed by atoms with Gasteiger partial charge >= 0.3 is 0 Å². The number of nitrogens with one attached hydrogen (secondary N) is 1. The fourth-order valence-corrected chi connectivity index (χ4v) is 5.44. The topological polar surface area (TPSA) is 68.0 Å². The maximum absolute atomic E-state index is 11.3. The maximum atomic E-state index is 11.3. The summed E-state index contributed by atoms with van der Waals surface area (Å²) < 4.78 is 13.3. The van der Waals surface area contributed by atoms with Crippen LogP contribution in [0.15, 0.2) is 23.2 Å². The average Bonchev–Trinajstić information content (AvgIpc) is 3.41. The summed E-state index contributed by atoms with van der Waals surface area (Å²) in [5.41, 5.74) is 3.88. The molecule has 0 spiro atoms. The van der Waals surface area contributed by atoms with Crippen molar-refractivity contribution in [1.29, 1.82) is 0 Å². The first-order chi connectivity index (χ1) is 14.7. The molecule has 1 atom stereocenters. The fraction of sp³-hybridized carbons (Fsp3) is 0.625. The first kappa shape index (κ1) is 19.9. The standard InChI is InChI=1S/C24H33N3O3/c1-16(17-4-2-3-5-17)26-18-6-7-22-20(14-18)23(21-15-30-13-10-25-21)24(28)27(22)19-8-11-29-12-9-19/h6-7,14,16-17,19,26,28H,2-5,8-13,15H2,1H3. The van der Waals surface area contributed by atoms with Crippen molar-refractivity contribution in [2.24, 2.45) is 10.9 Å². The molecule has 1 aliphatic carbocycles. The number of aromatic hydroxyl groups is 1. The zero-order chi connectivity index (χ0) is 20.5. The Morgan fingerprint density at radius 2 is 1.90 bits per heavy atom. The molecule has 6 heteroatoms. The molecule has 3 aliphatic rings. The fourth-order valence-electron chi connectivity index (χ4n) is 5.44. The highest BCUT2D eigenvalue weighted by molar-refractivity contribution is 6.14. The number of fused-ring (bicyclic) bond motifs is 1. The molecule has 2 aromatic rings. The van der Waals surface area contributed by atoms with Crippen molar-refractivity contribution in [3.05, 3.63) is 23.8 Å². The van der Waals surface area contributed by atoms with Gasteiger partial charge in [0.2, 0.25) is 5.88 Å². The molecular weight excluding hydrogens is 378 g/mol. The summed E-state index contributed by atoms with van der Waals surface area (Å²) >= 11 is 0. The number of aliphatic imine (C=N–C) groups is 1. The van der Waals surface area contributed by atoms with E-state index in [4.69, 9.17) is 14.5 Å². The van der Waals surface area contributed by atoms with Gasteiger partial charge in [0.15, 0.2) is 0 Å². The van der Waals surface area contributed by atoms with Crippen molar-refractivity contribution in [2.75, 3.05) is 38.3 Å². The monoisotopic (exact) mass is 411 g/mol. The van der Waals surface area contributed by atoms with Crippen LogP contribution >= 0.6 is 0 Å². The average molecular weight is 412 g/mol. The zero-order valence-electron chi connectivity index (χ0n) is 17.9. The van der Waals surface area contributed by atoms with Crippen molar-refractivity contribution in [2.45, 2.75) is 57.5 Å². The Balaban J connectivity index is 1.55. The third kappa shape index (κ3) is 3.71. The van der Waals surface area contributed by atoms with Gasteiger partial charge in [-0.2, -0.15) is 0 Å². The maximum Gasteiger partial charge on any atom is 0.201 e. The van der Waals surface area contributed by atoms with Gasteiger partial charge in [-0.15, -0.1) is 0 Å². The second-order valence-corrected chi connectivity index (χ2v) is 9.00. The van der Waals surface area contributed by atoms with E-state index >= 15 is 0 Å². The molecule has 1 aromatic heterocycles. The van der Waals surface area contributed by atoms with Gasteiger partial charge in [0.05, 0.1) is 36.6 Å². The lowest BCUT2D eigenvalue weighted by Gasteiger charge is -2.25. The lowest BCUT2D eigenvalue weighted by molar-refractivity contribution is 0.0688. The van der Waals surface area contributed by atoms with Crippen LogP contribution in [-0.2, 0) is 9.47 Å². The van der Waals surface area contributed by atoms with Crippen molar-refractivity contribution in [3.63, 3.8) is 0 Å². The smallest absolute Gasteiger partial charge is 0.201 e. The van der Waals surface area contributed by atoms with Crippen LogP contribution in [0, 0.1) is 5.92 Å². The molecule has 5 rings (SSSR count). The number of anilines is 1. The SMILES string of the molecule is CC(Nc1ccc2c(c1)c(C1=NCCOC1)c(O)n2C1CCOCC1)C1CCCC1. The first-order valence-electron chi connectivity index (χ1n) is 11.5. The van der Waals surface area contributed by atoms with Gasteiger partial charge in [0.1, 0.15) is 0 Å². The summed E-state index contributed by atoms with van der Waals surface area (Å²) in [6.45, 7) is 5.52. The van der Waals surface area contributed by atoms with E-state index in [0.717, 1.165) is 59.8 Å². The number of nitrogens with zero attached hydrogens (tertiary/aromatic N) is 2. The van der Waals surface area contributed by atoms with E-state index in [1.165, 1.54) is 25.7 Å².